The molecule has 5 aromatic carbocycles. The van der Waals surface area contributed by atoms with Gasteiger partial charge in [0.05, 0.1) is 5.56 Å². The summed E-state index contributed by atoms with van der Waals surface area (Å²) < 4.78 is 21.8. The summed E-state index contributed by atoms with van der Waals surface area (Å²) in [6, 6.07) is 32.1. The average Bonchev–Trinajstić information content (AvgIpc) is 3.18. The van der Waals surface area contributed by atoms with Crippen molar-refractivity contribution in [3.8, 4) is 0 Å². The molecule has 1 unspecified atom stereocenters. The minimum absolute atomic E-state index is 0.101. The van der Waals surface area contributed by atoms with Gasteiger partial charge in [-0.1, -0.05) is 79.2 Å². The first-order valence-electron chi connectivity index (χ1n) is 13.5. The van der Waals surface area contributed by atoms with Crippen molar-refractivity contribution in [2.45, 2.75) is 25.9 Å². The standard InChI is InChI=1S/C33H28NO4P/c35-33(24-12-3-1-4-13-24)36-22-26-21-25-14-6-8-16-28(25)31-30-27-15-7-5-11-23(27)17-18-29(30)37-39(38-32(26)31)34-19-9-2-10-20-34/h1,3-8,11-18,21H,2,9-10,19-20,22H2. The molecule has 1 aromatic heterocycles. The highest BCUT2D eigenvalue weighted by Gasteiger charge is 2.21. The monoisotopic (exact) mass is 533 g/mol. The number of fused-ring (bicyclic) bond motifs is 7. The molecule has 0 amide bonds. The maximum Gasteiger partial charge on any atom is 0.338 e. The summed E-state index contributed by atoms with van der Waals surface area (Å²) in [5.41, 5.74) is 2.93. The maximum atomic E-state index is 12.9. The fourth-order valence-electron chi connectivity index (χ4n) is 5.57. The molecule has 1 aliphatic heterocycles. The van der Waals surface area contributed by atoms with E-state index in [9.17, 15) is 4.79 Å². The maximum absolute atomic E-state index is 12.9. The van der Waals surface area contributed by atoms with Crippen LogP contribution >= 0.6 is 8.16 Å². The van der Waals surface area contributed by atoms with E-state index in [0.717, 1.165) is 75.0 Å². The van der Waals surface area contributed by atoms with E-state index in [4.69, 9.17) is 13.1 Å². The zero-order chi connectivity index (χ0) is 26.2. The molecule has 0 N–H and O–H groups in total. The Morgan fingerprint density at radius 2 is 1.44 bits per heavy atom. The molecule has 1 aliphatic rings. The number of piperidine rings is 1. The topological polar surface area (TPSA) is 55.8 Å². The number of rotatable bonds is 4. The lowest BCUT2D eigenvalue weighted by atomic mass is 9.96. The Hall–Kier alpha value is -4.05. The third kappa shape index (κ3) is 4.48. The first kappa shape index (κ1) is 24.0. The summed E-state index contributed by atoms with van der Waals surface area (Å²) in [4.78, 5) is 12.9. The Morgan fingerprint density at radius 1 is 0.744 bits per heavy atom. The quantitative estimate of drug-likeness (QED) is 0.212. The number of carbonyl (C=O) groups is 1. The van der Waals surface area contributed by atoms with Crippen molar-refractivity contribution in [2.24, 2.45) is 0 Å². The van der Waals surface area contributed by atoms with Crippen LogP contribution in [-0.2, 0) is 11.3 Å². The van der Waals surface area contributed by atoms with Crippen molar-refractivity contribution in [1.82, 2.24) is 0 Å². The Bertz CT molecular complexity index is 1870. The second kappa shape index (κ2) is 10.3. The molecule has 0 bridgehead atoms. The Labute approximate surface area is 227 Å². The third-order valence-electron chi connectivity index (χ3n) is 7.50. The van der Waals surface area contributed by atoms with Crippen LogP contribution in [0.2, 0.25) is 0 Å². The van der Waals surface area contributed by atoms with Gasteiger partial charge in [-0.3, -0.25) is 0 Å². The second-order valence-corrected chi connectivity index (χ2v) is 11.4. The van der Waals surface area contributed by atoms with Crippen LogP contribution in [0.4, 0.5) is 0 Å². The van der Waals surface area contributed by atoms with E-state index >= 15 is 0 Å². The predicted octanol–water partition coefficient (Wildman–Crippen LogP) is 9.08. The summed E-state index contributed by atoms with van der Waals surface area (Å²) in [5, 5.41) is 6.42. The third-order valence-corrected chi connectivity index (χ3v) is 9.05. The normalized spacial score (nSPS) is 14.7. The van der Waals surface area contributed by atoms with E-state index in [1.165, 1.54) is 6.42 Å². The molecule has 5 nitrogen and oxygen atoms in total. The highest BCUT2D eigenvalue weighted by atomic mass is 31.1. The Balaban J connectivity index is 1.54. The zero-order valence-electron chi connectivity index (χ0n) is 21.5. The van der Waals surface area contributed by atoms with Crippen LogP contribution < -0.4 is 4.67 Å². The Kier molecular flexibility index (Phi) is 6.32. The molecule has 194 valence electrons. The van der Waals surface area contributed by atoms with E-state index in [1.807, 2.05) is 24.3 Å². The van der Waals surface area contributed by atoms with Crippen LogP contribution in [0.3, 0.4) is 0 Å². The van der Waals surface area contributed by atoms with Gasteiger partial charge in [0.2, 0.25) is 0 Å². The molecule has 1 saturated heterocycles. The van der Waals surface area contributed by atoms with Gasteiger partial charge in [-0.25, -0.2) is 9.46 Å². The van der Waals surface area contributed by atoms with Crippen LogP contribution in [0, 0.1) is 0 Å². The number of hydrogen-bond acceptors (Lipinski definition) is 5. The minimum Gasteiger partial charge on any atom is -0.457 e. The summed E-state index contributed by atoms with van der Waals surface area (Å²) >= 11 is 0. The molecule has 0 saturated carbocycles. The highest BCUT2D eigenvalue weighted by molar-refractivity contribution is 7.39. The van der Waals surface area contributed by atoms with Crippen molar-refractivity contribution in [1.29, 1.82) is 0 Å². The number of hydrogen-bond donors (Lipinski definition) is 0. The smallest absolute Gasteiger partial charge is 0.338 e. The predicted molar refractivity (Wildman–Crippen MR) is 159 cm³/mol. The lowest BCUT2D eigenvalue weighted by Gasteiger charge is -2.22. The molecule has 0 radical (unpaired) electrons. The first-order valence-corrected chi connectivity index (χ1v) is 14.6. The molecule has 6 heteroatoms. The molecule has 2 heterocycles. The van der Waals surface area contributed by atoms with Gasteiger partial charge >= 0.3 is 14.1 Å². The van der Waals surface area contributed by atoms with Gasteiger partial charge in [0.1, 0.15) is 12.2 Å². The molecular weight excluding hydrogens is 505 g/mol. The molecule has 1 atom stereocenters. The summed E-state index contributed by atoms with van der Waals surface area (Å²) in [6.07, 6.45) is 3.48. The van der Waals surface area contributed by atoms with Gasteiger partial charge < -0.3 is 13.1 Å². The van der Waals surface area contributed by atoms with E-state index < -0.39 is 8.16 Å². The van der Waals surface area contributed by atoms with Gasteiger partial charge in [0.25, 0.3) is 0 Å². The van der Waals surface area contributed by atoms with Crippen molar-refractivity contribution < 1.29 is 17.9 Å². The van der Waals surface area contributed by atoms with Crippen LogP contribution in [0.15, 0.2) is 105 Å². The molecule has 7 rings (SSSR count). The van der Waals surface area contributed by atoms with Gasteiger partial charge in [-0.15, -0.1) is 0 Å². The number of nitrogens with zero attached hydrogens (tertiary/aromatic N) is 1. The molecule has 0 aliphatic carbocycles. The fraction of sp³-hybridized carbons (Fsp3) is 0.182. The van der Waals surface area contributed by atoms with Crippen LogP contribution in [0.5, 0.6) is 0 Å². The van der Waals surface area contributed by atoms with Crippen molar-refractivity contribution in [2.75, 3.05) is 17.8 Å². The molecule has 6 aromatic rings. The first-order chi connectivity index (χ1) is 19.3. The van der Waals surface area contributed by atoms with E-state index in [1.54, 1.807) is 12.1 Å². The zero-order valence-corrected chi connectivity index (χ0v) is 22.4. The van der Waals surface area contributed by atoms with E-state index in [2.05, 4.69) is 65.3 Å². The van der Waals surface area contributed by atoms with Crippen LogP contribution in [-0.4, -0.2) is 19.1 Å². The minimum atomic E-state index is -1.39. The molecule has 39 heavy (non-hydrogen) atoms. The summed E-state index contributed by atoms with van der Waals surface area (Å²) in [6.45, 7) is 1.98. The van der Waals surface area contributed by atoms with E-state index in [0.29, 0.717) is 5.56 Å². The SMILES string of the molecule is O=C(OCc1cc2ccccc2c2c1op(N1CCCCC1)oc1ccc3ccccc3c12)c1ccccc1. The fourth-order valence-corrected chi connectivity index (χ4v) is 7.13. The van der Waals surface area contributed by atoms with Crippen molar-refractivity contribution in [3.63, 3.8) is 0 Å². The average molecular weight is 534 g/mol. The summed E-state index contributed by atoms with van der Waals surface area (Å²) in [5.74, 6) is -0.355. The van der Waals surface area contributed by atoms with Crippen LogP contribution in [0.1, 0.15) is 35.2 Å². The highest BCUT2D eigenvalue weighted by Crippen LogP contribution is 2.43. The van der Waals surface area contributed by atoms with Gasteiger partial charge in [0, 0.05) is 29.4 Å². The summed E-state index contributed by atoms with van der Waals surface area (Å²) in [7, 11) is -1.39. The van der Waals surface area contributed by atoms with Crippen LogP contribution in [0.25, 0.3) is 43.5 Å². The number of carbonyl (C=O) groups excluding carboxylic acids is 1. The largest absolute Gasteiger partial charge is 0.457 e. The molecular formula is C33H28NO4P. The number of ether oxygens (including phenoxy) is 1. The van der Waals surface area contributed by atoms with Gasteiger partial charge in [-0.05, 0) is 58.7 Å². The Morgan fingerprint density at radius 3 is 2.23 bits per heavy atom. The molecule has 0 spiro atoms. The number of benzene rings is 5. The van der Waals surface area contributed by atoms with Gasteiger partial charge in [0.15, 0.2) is 5.58 Å². The second-order valence-electron chi connectivity index (χ2n) is 10.00. The van der Waals surface area contributed by atoms with Crippen molar-refractivity contribution in [3.05, 3.63) is 108 Å². The van der Waals surface area contributed by atoms with E-state index in [-0.39, 0.29) is 12.6 Å². The van der Waals surface area contributed by atoms with Gasteiger partial charge in [-0.2, -0.15) is 0 Å². The lowest BCUT2D eigenvalue weighted by molar-refractivity contribution is 0.0474. The molecule has 1 fully saturated rings. The van der Waals surface area contributed by atoms with Crippen molar-refractivity contribution >= 4 is 57.6 Å². The lowest BCUT2D eigenvalue weighted by Crippen LogP contribution is -2.26. The number of esters is 1.